The fourth-order valence-corrected chi connectivity index (χ4v) is 1.59. The molecular weight excluding hydrogens is 249 g/mol. The average Bonchev–Trinajstić information content (AvgIpc) is 2.39. The zero-order valence-corrected chi connectivity index (χ0v) is 11.5. The number of benzene rings is 1. The summed E-state index contributed by atoms with van der Waals surface area (Å²) in [6.45, 7) is 4.09. The van der Waals surface area contributed by atoms with Gasteiger partial charge in [-0.15, -0.1) is 0 Å². The van der Waals surface area contributed by atoms with Crippen LogP contribution in [0.25, 0.3) is 0 Å². The smallest absolute Gasteiger partial charge is 0.124 e. The molecule has 1 atom stereocenters. The lowest BCUT2D eigenvalue weighted by molar-refractivity contribution is 0.0643. The molecule has 2 N–H and O–H groups in total. The van der Waals surface area contributed by atoms with Crippen LogP contribution in [0.1, 0.15) is 24.9 Å². The van der Waals surface area contributed by atoms with Crippen molar-refractivity contribution < 1.29 is 18.6 Å². The molecule has 1 unspecified atom stereocenters. The van der Waals surface area contributed by atoms with Gasteiger partial charge in [-0.05, 0) is 25.1 Å². The van der Waals surface area contributed by atoms with Gasteiger partial charge in [-0.1, -0.05) is 0 Å². The number of nitrogens with two attached hydrogens (primary N) is 1. The number of ether oxygens (including phenoxy) is 3. The molecule has 0 amide bonds. The highest BCUT2D eigenvalue weighted by molar-refractivity contribution is 5.36. The number of halogens is 1. The van der Waals surface area contributed by atoms with Crippen LogP contribution in [0.2, 0.25) is 0 Å². The summed E-state index contributed by atoms with van der Waals surface area (Å²) in [6.07, 6.45) is 0.763. The normalized spacial score (nSPS) is 12.4. The van der Waals surface area contributed by atoms with Crippen molar-refractivity contribution in [2.75, 3.05) is 33.5 Å². The van der Waals surface area contributed by atoms with Crippen LogP contribution < -0.4 is 10.5 Å². The van der Waals surface area contributed by atoms with Crippen LogP contribution in [-0.2, 0) is 9.47 Å². The van der Waals surface area contributed by atoms with E-state index in [0.717, 1.165) is 6.42 Å². The Kier molecular flexibility index (Phi) is 7.40. The maximum Gasteiger partial charge on any atom is 0.124 e. The van der Waals surface area contributed by atoms with Crippen LogP contribution in [0.4, 0.5) is 4.39 Å². The maximum atomic E-state index is 13.1. The summed E-state index contributed by atoms with van der Waals surface area (Å²) in [5.41, 5.74) is 6.46. The Bertz CT molecular complexity index is 372. The van der Waals surface area contributed by atoms with E-state index in [0.29, 0.717) is 37.7 Å². The minimum atomic E-state index is -0.303. The molecule has 0 aliphatic rings. The molecule has 0 fully saturated rings. The molecule has 0 radical (unpaired) electrons. The van der Waals surface area contributed by atoms with Gasteiger partial charge in [0.05, 0.1) is 19.8 Å². The van der Waals surface area contributed by atoms with Crippen molar-refractivity contribution in [3.63, 3.8) is 0 Å². The van der Waals surface area contributed by atoms with Crippen molar-refractivity contribution in [3.8, 4) is 5.75 Å². The maximum absolute atomic E-state index is 13.1. The van der Waals surface area contributed by atoms with Crippen molar-refractivity contribution in [1.29, 1.82) is 0 Å². The second kappa shape index (κ2) is 8.85. The Labute approximate surface area is 113 Å². The van der Waals surface area contributed by atoms with Gasteiger partial charge in [-0.3, -0.25) is 0 Å². The van der Waals surface area contributed by atoms with E-state index in [4.69, 9.17) is 19.9 Å². The molecule has 5 heteroatoms. The van der Waals surface area contributed by atoms with Crippen LogP contribution in [0, 0.1) is 5.82 Å². The summed E-state index contributed by atoms with van der Waals surface area (Å²) in [4.78, 5) is 0. The van der Waals surface area contributed by atoms with Gasteiger partial charge in [0.2, 0.25) is 0 Å². The van der Waals surface area contributed by atoms with E-state index in [1.54, 1.807) is 20.1 Å². The van der Waals surface area contributed by atoms with Crippen molar-refractivity contribution in [1.82, 2.24) is 0 Å². The number of rotatable bonds is 9. The van der Waals surface area contributed by atoms with Gasteiger partial charge in [0.15, 0.2) is 0 Å². The molecule has 0 aliphatic heterocycles. The first-order valence-electron chi connectivity index (χ1n) is 6.39. The molecule has 0 spiro atoms. The lowest BCUT2D eigenvalue weighted by atomic mass is 10.1. The lowest BCUT2D eigenvalue weighted by Gasteiger charge is -2.14. The topological polar surface area (TPSA) is 53.7 Å². The van der Waals surface area contributed by atoms with Gasteiger partial charge in [0, 0.05) is 31.7 Å². The number of methoxy groups -OCH3 is 1. The summed E-state index contributed by atoms with van der Waals surface area (Å²) in [5.74, 6) is 0.329. The first-order valence-corrected chi connectivity index (χ1v) is 6.39. The minimum Gasteiger partial charge on any atom is -0.493 e. The second-order valence-electron chi connectivity index (χ2n) is 4.28. The molecule has 1 aromatic carbocycles. The van der Waals surface area contributed by atoms with Crippen molar-refractivity contribution in [3.05, 3.63) is 29.6 Å². The van der Waals surface area contributed by atoms with Gasteiger partial charge in [0.1, 0.15) is 11.6 Å². The highest BCUT2D eigenvalue weighted by Gasteiger charge is 2.09. The summed E-state index contributed by atoms with van der Waals surface area (Å²) < 4.78 is 28.9. The third-order valence-electron chi connectivity index (χ3n) is 2.58. The van der Waals surface area contributed by atoms with Crippen LogP contribution in [0.5, 0.6) is 5.75 Å². The molecule has 0 heterocycles. The molecular formula is C14H22FNO3. The SMILES string of the molecule is COCCOCCCOc1ccc(F)cc1C(C)N. The van der Waals surface area contributed by atoms with Gasteiger partial charge in [-0.25, -0.2) is 4.39 Å². The van der Waals surface area contributed by atoms with E-state index in [-0.39, 0.29) is 11.9 Å². The van der Waals surface area contributed by atoms with E-state index in [9.17, 15) is 4.39 Å². The molecule has 1 aromatic rings. The van der Waals surface area contributed by atoms with Gasteiger partial charge in [0.25, 0.3) is 0 Å². The van der Waals surface area contributed by atoms with E-state index in [1.165, 1.54) is 12.1 Å². The highest BCUT2D eigenvalue weighted by atomic mass is 19.1. The minimum absolute atomic E-state index is 0.261. The molecule has 0 bridgehead atoms. The zero-order valence-electron chi connectivity index (χ0n) is 11.5. The third kappa shape index (κ3) is 6.00. The molecule has 1 rings (SSSR count). The molecule has 0 saturated heterocycles. The Hall–Kier alpha value is -1.17. The van der Waals surface area contributed by atoms with E-state index < -0.39 is 0 Å². The summed E-state index contributed by atoms with van der Waals surface area (Å²) >= 11 is 0. The summed E-state index contributed by atoms with van der Waals surface area (Å²) in [6, 6.07) is 4.13. The standard InChI is InChI=1S/C14H22FNO3/c1-11(16)13-10-12(15)4-5-14(13)19-7-3-6-18-9-8-17-2/h4-5,10-11H,3,6-9,16H2,1-2H3. The molecule has 0 aliphatic carbocycles. The zero-order chi connectivity index (χ0) is 14.1. The van der Waals surface area contributed by atoms with Gasteiger partial charge >= 0.3 is 0 Å². The average molecular weight is 271 g/mol. The Balaban J connectivity index is 2.33. The van der Waals surface area contributed by atoms with Crippen molar-refractivity contribution in [2.24, 2.45) is 5.73 Å². The first-order chi connectivity index (χ1) is 9.15. The largest absolute Gasteiger partial charge is 0.493 e. The quantitative estimate of drug-likeness (QED) is 0.700. The predicted octanol–water partition coefficient (Wildman–Crippen LogP) is 2.28. The van der Waals surface area contributed by atoms with Crippen molar-refractivity contribution in [2.45, 2.75) is 19.4 Å². The van der Waals surface area contributed by atoms with Gasteiger partial charge in [-0.2, -0.15) is 0 Å². The number of hydrogen-bond donors (Lipinski definition) is 1. The van der Waals surface area contributed by atoms with Gasteiger partial charge < -0.3 is 19.9 Å². The second-order valence-corrected chi connectivity index (χ2v) is 4.28. The molecule has 0 saturated carbocycles. The Morgan fingerprint density at radius 1 is 1.21 bits per heavy atom. The summed E-state index contributed by atoms with van der Waals surface area (Å²) in [7, 11) is 1.64. The summed E-state index contributed by atoms with van der Waals surface area (Å²) in [5, 5.41) is 0. The monoisotopic (exact) mass is 271 g/mol. The van der Waals surface area contributed by atoms with Crippen LogP contribution in [0.15, 0.2) is 18.2 Å². The van der Waals surface area contributed by atoms with E-state index >= 15 is 0 Å². The third-order valence-corrected chi connectivity index (χ3v) is 2.58. The van der Waals surface area contributed by atoms with Crippen LogP contribution in [-0.4, -0.2) is 33.5 Å². The van der Waals surface area contributed by atoms with Crippen LogP contribution in [0.3, 0.4) is 0 Å². The molecule has 108 valence electrons. The fraction of sp³-hybridized carbons (Fsp3) is 0.571. The van der Waals surface area contributed by atoms with E-state index in [1.807, 2.05) is 0 Å². The van der Waals surface area contributed by atoms with Crippen LogP contribution >= 0.6 is 0 Å². The highest BCUT2D eigenvalue weighted by Crippen LogP contribution is 2.24. The Morgan fingerprint density at radius 2 is 2.00 bits per heavy atom. The lowest BCUT2D eigenvalue weighted by Crippen LogP contribution is -2.10. The molecule has 0 aromatic heterocycles. The Morgan fingerprint density at radius 3 is 2.68 bits per heavy atom. The predicted molar refractivity (Wildman–Crippen MR) is 71.8 cm³/mol. The molecule has 4 nitrogen and oxygen atoms in total. The first kappa shape index (κ1) is 15.9. The molecule has 19 heavy (non-hydrogen) atoms. The fourth-order valence-electron chi connectivity index (χ4n) is 1.59. The number of hydrogen-bond acceptors (Lipinski definition) is 4. The van der Waals surface area contributed by atoms with E-state index in [2.05, 4.69) is 0 Å². The van der Waals surface area contributed by atoms with Crippen molar-refractivity contribution >= 4 is 0 Å².